The van der Waals surface area contributed by atoms with Crippen LogP contribution in [-0.4, -0.2) is 86.7 Å². The van der Waals surface area contributed by atoms with Crippen molar-refractivity contribution in [1.29, 1.82) is 0 Å². The van der Waals surface area contributed by atoms with Crippen LogP contribution >= 0.6 is 11.8 Å². The van der Waals surface area contributed by atoms with E-state index in [9.17, 15) is 4.79 Å². The molecule has 2 aliphatic heterocycles. The number of Topliss-reactive ketones (excluding diaryl/α,β-unsaturated/α-hetero) is 1. The number of thioether (sulfide) groups is 1. The molecular formula is C61H68O11S. The number of carbonyl (C=O) groups excluding carboxylic acids is 1. The summed E-state index contributed by atoms with van der Waals surface area (Å²) in [4.78, 5) is 14.2. The van der Waals surface area contributed by atoms with Crippen molar-refractivity contribution >= 4 is 17.5 Å². The van der Waals surface area contributed by atoms with Crippen molar-refractivity contribution in [2.45, 2.75) is 121 Å². The first-order valence-corrected chi connectivity index (χ1v) is 25.9. The number of hydrogen-bond donors (Lipinski definition) is 0. The van der Waals surface area contributed by atoms with Gasteiger partial charge >= 0.3 is 0 Å². The number of ether oxygens (including phenoxy) is 10. The number of rotatable bonds is 26. The molecule has 0 unspecified atom stereocenters. The maximum absolute atomic E-state index is 13.6. The highest BCUT2D eigenvalue weighted by Gasteiger charge is 2.54. The van der Waals surface area contributed by atoms with Crippen LogP contribution in [0.1, 0.15) is 54.2 Å². The van der Waals surface area contributed by atoms with Gasteiger partial charge in [-0.05, 0) is 54.2 Å². The number of benzene rings is 6. The molecule has 2 saturated heterocycles. The molecule has 6 aromatic carbocycles. The maximum atomic E-state index is 13.6. The molecule has 12 heteroatoms. The van der Waals surface area contributed by atoms with Crippen molar-refractivity contribution < 1.29 is 52.2 Å². The Balaban J connectivity index is 1.19. The van der Waals surface area contributed by atoms with E-state index in [1.807, 2.05) is 196 Å². The Morgan fingerprint density at radius 3 is 1.11 bits per heavy atom. The summed E-state index contributed by atoms with van der Waals surface area (Å²) in [5, 5.41) is -0.688. The van der Waals surface area contributed by atoms with Gasteiger partial charge in [0.2, 0.25) is 0 Å². The Morgan fingerprint density at radius 2 is 0.753 bits per heavy atom. The van der Waals surface area contributed by atoms with Crippen molar-refractivity contribution in [2.24, 2.45) is 0 Å². The highest BCUT2D eigenvalue weighted by atomic mass is 32.2. The molecule has 0 spiro atoms. The lowest BCUT2D eigenvalue weighted by atomic mass is 9.97. The van der Waals surface area contributed by atoms with Crippen molar-refractivity contribution in [1.82, 2.24) is 0 Å². The second-order valence-electron chi connectivity index (χ2n) is 18.4. The van der Waals surface area contributed by atoms with Crippen molar-refractivity contribution in [3.05, 3.63) is 226 Å². The molecule has 0 aromatic heterocycles. The highest BCUT2D eigenvalue weighted by Crippen LogP contribution is 2.42. The zero-order valence-electron chi connectivity index (χ0n) is 42.1. The summed E-state index contributed by atoms with van der Waals surface area (Å²) in [6, 6.07) is 60.0. The molecule has 73 heavy (non-hydrogen) atoms. The molecule has 2 heterocycles. The topological polar surface area (TPSA) is 109 Å². The molecule has 2 aliphatic rings. The van der Waals surface area contributed by atoms with Gasteiger partial charge in [0.15, 0.2) is 18.4 Å². The maximum Gasteiger partial charge on any atom is 0.186 e. The van der Waals surface area contributed by atoms with E-state index in [4.69, 9.17) is 47.4 Å². The second-order valence-corrected chi connectivity index (χ2v) is 19.6. The van der Waals surface area contributed by atoms with Crippen LogP contribution in [0, 0.1) is 0 Å². The minimum Gasteiger partial charge on any atom is -0.374 e. The SMILES string of the molecule is CO[C@@H]1O[C@H](COCc2ccccc2)[C@@H](OCc2ccccc2)[C@H](OCc2ccccc2)[C@H]1O[C@@H]1O[C@H](COCc2ccccc2)[C@@H](OCc2ccccc2)[C@H](OCc2ccccc2)[C@H]1SC(C(C)=O)=C(C)C. The third-order valence-corrected chi connectivity index (χ3v) is 14.4. The summed E-state index contributed by atoms with van der Waals surface area (Å²) < 4.78 is 68.9. The van der Waals surface area contributed by atoms with Gasteiger partial charge in [-0.3, -0.25) is 4.79 Å². The van der Waals surface area contributed by atoms with E-state index in [2.05, 4.69) is 0 Å². The van der Waals surface area contributed by atoms with Gasteiger partial charge in [0.25, 0.3) is 0 Å². The first-order chi connectivity index (χ1) is 35.8. The Kier molecular flexibility index (Phi) is 21.0. The van der Waals surface area contributed by atoms with E-state index in [0.717, 1.165) is 39.0 Å². The van der Waals surface area contributed by atoms with Crippen LogP contribution in [0.25, 0.3) is 0 Å². The summed E-state index contributed by atoms with van der Waals surface area (Å²) in [6.07, 6.45) is -7.33. The Labute approximate surface area is 435 Å². The van der Waals surface area contributed by atoms with Crippen molar-refractivity contribution in [3.63, 3.8) is 0 Å². The Hall–Kier alpha value is -5.32. The molecule has 8 rings (SSSR count). The molecule has 2 fully saturated rings. The van der Waals surface area contributed by atoms with Crippen LogP contribution < -0.4 is 0 Å². The van der Waals surface area contributed by atoms with Crippen LogP contribution in [-0.2, 0) is 91.8 Å². The summed E-state index contributed by atoms with van der Waals surface area (Å²) in [5.74, 6) is -0.0896. The lowest BCUT2D eigenvalue weighted by Crippen LogP contribution is -2.65. The summed E-state index contributed by atoms with van der Waals surface area (Å²) >= 11 is 1.37. The molecule has 10 atom stereocenters. The second kappa shape index (κ2) is 28.4. The average molecular weight is 1010 g/mol. The van der Waals surface area contributed by atoms with Gasteiger partial charge in [-0.2, -0.15) is 0 Å². The first-order valence-electron chi connectivity index (χ1n) is 25.0. The van der Waals surface area contributed by atoms with E-state index >= 15 is 0 Å². The summed E-state index contributed by atoms with van der Waals surface area (Å²) in [7, 11) is 1.59. The lowest BCUT2D eigenvalue weighted by molar-refractivity contribution is -0.359. The van der Waals surface area contributed by atoms with Crippen LogP contribution in [0.5, 0.6) is 0 Å². The zero-order valence-corrected chi connectivity index (χ0v) is 43.0. The number of methoxy groups -OCH3 is 1. The fraction of sp³-hybridized carbons (Fsp3) is 0.361. The molecule has 384 valence electrons. The van der Waals surface area contributed by atoms with Gasteiger partial charge in [-0.25, -0.2) is 0 Å². The van der Waals surface area contributed by atoms with Crippen molar-refractivity contribution in [2.75, 3.05) is 20.3 Å². The molecule has 0 bridgehead atoms. The van der Waals surface area contributed by atoms with Crippen molar-refractivity contribution in [3.8, 4) is 0 Å². The molecule has 0 aliphatic carbocycles. The Bertz CT molecular complexity index is 2530. The minimum absolute atomic E-state index is 0.0896. The normalized spacial score (nSPS) is 23.9. The number of carbonyl (C=O) groups is 1. The van der Waals surface area contributed by atoms with E-state index in [0.29, 0.717) is 18.1 Å². The van der Waals surface area contributed by atoms with Gasteiger partial charge in [-0.1, -0.05) is 188 Å². The van der Waals surface area contributed by atoms with Gasteiger partial charge in [0.05, 0.1) is 58.1 Å². The monoisotopic (exact) mass is 1010 g/mol. The number of ketones is 1. The van der Waals surface area contributed by atoms with Gasteiger partial charge in [0, 0.05) is 12.0 Å². The fourth-order valence-corrected chi connectivity index (χ4v) is 10.3. The zero-order chi connectivity index (χ0) is 50.6. The lowest BCUT2D eigenvalue weighted by Gasteiger charge is -2.50. The third-order valence-electron chi connectivity index (χ3n) is 12.7. The van der Waals surface area contributed by atoms with Crippen LogP contribution in [0.4, 0.5) is 0 Å². The molecule has 0 N–H and O–H groups in total. The minimum atomic E-state index is -1.07. The number of allylic oxidation sites excluding steroid dienone is 2. The third kappa shape index (κ3) is 15.8. The molecular weight excluding hydrogens is 941 g/mol. The fourth-order valence-electron chi connectivity index (χ4n) is 9.02. The molecule has 11 nitrogen and oxygen atoms in total. The first kappa shape index (κ1) is 54.0. The Morgan fingerprint density at radius 1 is 0.425 bits per heavy atom. The predicted molar refractivity (Wildman–Crippen MR) is 282 cm³/mol. The van der Waals surface area contributed by atoms with E-state index in [1.165, 1.54) is 11.8 Å². The highest BCUT2D eigenvalue weighted by molar-refractivity contribution is 8.04. The largest absolute Gasteiger partial charge is 0.374 e. The van der Waals surface area contributed by atoms with Gasteiger partial charge in [-0.15, -0.1) is 11.8 Å². The van der Waals surface area contributed by atoms with Gasteiger partial charge in [0.1, 0.15) is 42.7 Å². The van der Waals surface area contributed by atoms with Gasteiger partial charge < -0.3 is 47.4 Å². The molecule has 0 saturated carbocycles. The van der Waals surface area contributed by atoms with E-state index < -0.39 is 60.6 Å². The number of hydrogen-bond acceptors (Lipinski definition) is 12. The quantitative estimate of drug-likeness (QED) is 0.0483. The van der Waals surface area contributed by atoms with Crippen LogP contribution in [0.3, 0.4) is 0 Å². The van der Waals surface area contributed by atoms with Crippen LogP contribution in [0.15, 0.2) is 192 Å². The van der Waals surface area contributed by atoms with Crippen LogP contribution in [0.2, 0.25) is 0 Å². The smallest absolute Gasteiger partial charge is 0.186 e. The molecule has 0 radical (unpaired) electrons. The standard InChI is InChI=1S/C61H68O11S/c1-43(2)58(44(3)62)73-59-56(69-40-50-33-21-10-22-34-50)54(67-38-48-29-17-8-18-30-48)52(42-65-36-46-25-13-6-14-26-46)71-61(59)72-57-55(68-39-49-31-19-9-20-32-49)53(66-37-47-27-15-7-16-28-47)51(70-60(57)63-4)41-64-35-45-23-11-5-12-24-45/h5-34,51-57,59-61H,35-42H2,1-4H3/t51-,52-,53-,54-,55+,56+,57-,59-,60-,61+/m1/s1. The summed E-state index contributed by atoms with van der Waals surface area (Å²) in [6.45, 7) is 7.46. The molecule has 6 aromatic rings. The average Bonchev–Trinajstić information content (AvgIpc) is 3.42. The van der Waals surface area contributed by atoms with E-state index in [-0.39, 0.29) is 45.4 Å². The van der Waals surface area contributed by atoms with E-state index in [1.54, 1.807) is 14.0 Å². The summed E-state index contributed by atoms with van der Waals surface area (Å²) in [5.41, 5.74) is 6.77. The molecule has 0 amide bonds. The predicted octanol–water partition coefficient (Wildman–Crippen LogP) is 11.2.